The molecule has 0 fully saturated rings. The first-order valence-corrected chi connectivity index (χ1v) is 11.5. The number of nitrogens with zero attached hydrogens (tertiary/aromatic N) is 1. The number of sulfonamides is 1. The maximum atomic E-state index is 14.1. The van der Waals surface area contributed by atoms with Crippen molar-refractivity contribution in [2.45, 2.75) is 30.3 Å². The number of carbonyl (C=O) groups is 1. The van der Waals surface area contributed by atoms with Crippen molar-refractivity contribution in [3.63, 3.8) is 0 Å². The van der Waals surface area contributed by atoms with Crippen molar-refractivity contribution < 1.29 is 35.2 Å². The van der Waals surface area contributed by atoms with E-state index in [0.717, 1.165) is 31.4 Å². The van der Waals surface area contributed by atoms with E-state index in [1.54, 1.807) is 4.72 Å². The molecule has 1 aliphatic rings. The molecule has 0 spiro atoms. The largest absolute Gasteiger partial charge is 0.416 e. The number of benzene rings is 2. The number of hydrogen-bond acceptors (Lipinski definition) is 4. The monoisotopic (exact) mass is 518 g/mol. The fraction of sp³-hybridized carbons (Fsp3) is 0.182. The Hall–Kier alpha value is -3.05. The predicted molar refractivity (Wildman–Crippen MR) is 117 cm³/mol. The zero-order valence-corrected chi connectivity index (χ0v) is 18.9. The van der Waals surface area contributed by atoms with Gasteiger partial charge < -0.3 is 0 Å². The minimum Gasteiger partial charge on any atom is -0.266 e. The average molecular weight is 519 g/mol. The SMILES string of the molecule is CCC(F)(F)c1cc(/C=C2/C=NC(C(=O)NS(=O)(=O)c3ccccc3Cl)=C2)cc(C(F)(F)F)c1. The summed E-state index contributed by atoms with van der Waals surface area (Å²) in [6.45, 7) is 1.15. The Labute approximate surface area is 196 Å². The van der Waals surface area contributed by atoms with Crippen molar-refractivity contribution in [1.29, 1.82) is 0 Å². The van der Waals surface area contributed by atoms with Crippen LogP contribution in [0.15, 0.2) is 69.7 Å². The van der Waals surface area contributed by atoms with E-state index < -0.39 is 45.6 Å². The Morgan fingerprint density at radius 2 is 1.74 bits per heavy atom. The maximum absolute atomic E-state index is 14.1. The highest BCUT2D eigenvalue weighted by Gasteiger charge is 2.35. The third-order valence-corrected chi connectivity index (χ3v) is 6.56. The summed E-state index contributed by atoms with van der Waals surface area (Å²) in [7, 11) is -4.32. The summed E-state index contributed by atoms with van der Waals surface area (Å²) >= 11 is 5.85. The van der Waals surface area contributed by atoms with Gasteiger partial charge in [0, 0.05) is 18.2 Å². The third-order valence-electron chi connectivity index (χ3n) is 4.72. The van der Waals surface area contributed by atoms with Crippen LogP contribution in [0, 0.1) is 0 Å². The highest BCUT2D eigenvalue weighted by Crippen LogP contribution is 2.37. The van der Waals surface area contributed by atoms with Crippen molar-refractivity contribution in [2.24, 2.45) is 4.99 Å². The Bertz CT molecular complexity index is 1330. The van der Waals surface area contributed by atoms with E-state index in [4.69, 9.17) is 11.6 Å². The van der Waals surface area contributed by atoms with E-state index in [0.29, 0.717) is 12.1 Å². The summed E-state index contributed by atoms with van der Waals surface area (Å²) in [6, 6.07) is 7.40. The minimum atomic E-state index is -4.86. The molecular formula is C22H16ClF5N2O3S. The first kappa shape index (κ1) is 25.6. The molecule has 2 aromatic rings. The van der Waals surface area contributed by atoms with Gasteiger partial charge in [-0.25, -0.2) is 21.9 Å². The van der Waals surface area contributed by atoms with Gasteiger partial charge in [-0.15, -0.1) is 0 Å². The fourth-order valence-corrected chi connectivity index (χ4v) is 4.46. The zero-order valence-electron chi connectivity index (χ0n) is 17.3. The van der Waals surface area contributed by atoms with E-state index in [1.807, 2.05) is 0 Å². The minimum absolute atomic E-state index is 0.102. The summed E-state index contributed by atoms with van der Waals surface area (Å²) < 4.78 is 94.5. The van der Waals surface area contributed by atoms with Crippen LogP contribution in [0.1, 0.15) is 30.0 Å². The standard InChI is InChI=1S/C22H16ClF5N2O3S/c1-2-21(24,25)15-8-13(9-16(11-15)22(26,27)28)7-14-10-18(29-12-14)20(31)30-34(32,33)19-6-4-3-5-17(19)23/h3-12H,2H2,1H3,(H,30,31)/b14-7+. The second kappa shape index (κ2) is 9.30. The summed E-state index contributed by atoms with van der Waals surface area (Å²) in [5.74, 6) is -4.59. The van der Waals surface area contributed by atoms with Gasteiger partial charge in [0.25, 0.3) is 21.9 Å². The highest BCUT2D eigenvalue weighted by atomic mass is 35.5. The molecule has 0 saturated heterocycles. The number of nitrogens with one attached hydrogen (secondary N) is 1. The van der Waals surface area contributed by atoms with E-state index in [-0.39, 0.29) is 26.8 Å². The summed E-state index contributed by atoms with van der Waals surface area (Å²) in [5, 5.41) is -0.114. The zero-order chi connectivity index (χ0) is 25.3. The number of hydrogen-bond donors (Lipinski definition) is 1. The molecule has 0 bridgehead atoms. The van der Waals surface area contributed by atoms with E-state index in [1.165, 1.54) is 24.3 Å². The molecule has 1 amide bonds. The second-order valence-corrected chi connectivity index (χ2v) is 9.25. The Balaban J connectivity index is 1.91. The van der Waals surface area contributed by atoms with Gasteiger partial charge in [-0.05, 0) is 53.6 Å². The molecule has 5 nitrogen and oxygen atoms in total. The van der Waals surface area contributed by atoms with Crippen LogP contribution in [-0.2, 0) is 26.9 Å². The molecule has 0 aromatic heterocycles. The number of alkyl halides is 5. The topological polar surface area (TPSA) is 75.6 Å². The van der Waals surface area contributed by atoms with Crippen molar-refractivity contribution >= 4 is 39.8 Å². The molecule has 0 saturated carbocycles. The molecule has 0 aliphatic carbocycles. The van der Waals surface area contributed by atoms with Gasteiger partial charge >= 0.3 is 6.18 Å². The van der Waals surface area contributed by atoms with Gasteiger partial charge in [0.05, 0.1) is 10.6 Å². The van der Waals surface area contributed by atoms with Crippen LogP contribution in [0.25, 0.3) is 6.08 Å². The van der Waals surface area contributed by atoms with Gasteiger partial charge in [0.1, 0.15) is 10.6 Å². The molecule has 0 radical (unpaired) electrons. The molecule has 0 unspecified atom stereocenters. The Kier molecular flexibility index (Phi) is 6.99. The number of rotatable bonds is 6. The molecule has 1 N–H and O–H groups in total. The van der Waals surface area contributed by atoms with Crippen LogP contribution < -0.4 is 4.72 Å². The lowest BCUT2D eigenvalue weighted by Crippen LogP contribution is -2.31. The van der Waals surface area contributed by atoms with Crippen LogP contribution in [0.5, 0.6) is 0 Å². The molecule has 1 heterocycles. The molecule has 0 atom stereocenters. The van der Waals surface area contributed by atoms with Gasteiger partial charge in [-0.3, -0.25) is 9.79 Å². The van der Waals surface area contributed by atoms with Gasteiger partial charge in [0.2, 0.25) is 0 Å². The normalized spacial score (nSPS) is 15.5. The lowest BCUT2D eigenvalue weighted by atomic mass is 9.98. The third kappa shape index (κ3) is 5.71. The predicted octanol–water partition coefficient (Wildman–Crippen LogP) is 5.72. The van der Waals surface area contributed by atoms with E-state index >= 15 is 0 Å². The number of amides is 1. The first-order chi connectivity index (χ1) is 15.7. The Morgan fingerprint density at radius 3 is 2.35 bits per heavy atom. The van der Waals surface area contributed by atoms with Gasteiger partial charge in [-0.1, -0.05) is 30.7 Å². The number of halogens is 6. The molecule has 34 heavy (non-hydrogen) atoms. The van der Waals surface area contributed by atoms with Gasteiger partial charge in [-0.2, -0.15) is 13.2 Å². The molecular weight excluding hydrogens is 503 g/mol. The van der Waals surface area contributed by atoms with Crippen LogP contribution in [0.4, 0.5) is 22.0 Å². The maximum Gasteiger partial charge on any atom is 0.416 e. The molecule has 180 valence electrons. The highest BCUT2D eigenvalue weighted by molar-refractivity contribution is 7.90. The Morgan fingerprint density at radius 1 is 1.09 bits per heavy atom. The van der Waals surface area contributed by atoms with Crippen LogP contribution in [-0.4, -0.2) is 20.5 Å². The molecule has 1 aliphatic heterocycles. The molecule has 2 aromatic carbocycles. The van der Waals surface area contributed by atoms with E-state index in [2.05, 4.69) is 4.99 Å². The second-order valence-electron chi connectivity index (χ2n) is 7.20. The van der Waals surface area contributed by atoms with Crippen molar-refractivity contribution in [1.82, 2.24) is 4.72 Å². The van der Waals surface area contributed by atoms with Crippen LogP contribution >= 0.6 is 11.6 Å². The van der Waals surface area contributed by atoms with Crippen LogP contribution in [0.2, 0.25) is 5.02 Å². The number of carbonyl (C=O) groups excluding carboxylic acids is 1. The van der Waals surface area contributed by atoms with Gasteiger partial charge in [0.15, 0.2) is 0 Å². The van der Waals surface area contributed by atoms with Crippen molar-refractivity contribution in [2.75, 3.05) is 0 Å². The first-order valence-electron chi connectivity index (χ1n) is 9.62. The average Bonchev–Trinajstić information content (AvgIpc) is 3.21. The van der Waals surface area contributed by atoms with Crippen LogP contribution in [0.3, 0.4) is 0 Å². The van der Waals surface area contributed by atoms with E-state index in [9.17, 15) is 35.2 Å². The summed E-state index contributed by atoms with van der Waals surface area (Å²) in [6.07, 6.45) is -2.23. The quantitative estimate of drug-likeness (QED) is 0.497. The van der Waals surface area contributed by atoms with Crippen molar-refractivity contribution in [3.05, 3.63) is 81.5 Å². The summed E-state index contributed by atoms with van der Waals surface area (Å²) in [5.41, 5.74) is -2.51. The lowest BCUT2D eigenvalue weighted by molar-refractivity contribution is -0.137. The number of aliphatic imine (C=N–C) groups is 1. The fourth-order valence-electron chi connectivity index (χ4n) is 2.98. The number of allylic oxidation sites excluding steroid dienone is 2. The molecule has 3 rings (SSSR count). The smallest absolute Gasteiger partial charge is 0.266 e. The van der Waals surface area contributed by atoms with Crippen molar-refractivity contribution in [3.8, 4) is 0 Å². The molecule has 12 heteroatoms. The summed E-state index contributed by atoms with van der Waals surface area (Å²) in [4.78, 5) is 15.8. The lowest BCUT2D eigenvalue weighted by Gasteiger charge is -2.17.